The van der Waals surface area contributed by atoms with Crippen molar-refractivity contribution >= 4 is 15.9 Å². The number of rotatable bonds is 3. The van der Waals surface area contributed by atoms with Crippen molar-refractivity contribution in [3.05, 3.63) is 0 Å². The summed E-state index contributed by atoms with van der Waals surface area (Å²) in [5.74, 6) is 1.71. The van der Waals surface area contributed by atoms with Gasteiger partial charge in [-0.15, -0.1) is 0 Å². The van der Waals surface area contributed by atoms with Crippen molar-refractivity contribution in [3.63, 3.8) is 0 Å². The lowest BCUT2D eigenvalue weighted by molar-refractivity contribution is 0.129. The summed E-state index contributed by atoms with van der Waals surface area (Å²) in [5.41, 5.74) is 0.423. The van der Waals surface area contributed by atoms with Crippen molar-refractivity contribution in [3.8, 4) is 0 Å². The second kappa shape index (κ2) is 5.67. The minimum Gasteiger partial charge on any atom is -0.303 e. The van der Waals surface area contributed by atoms with Gasteiger partial charge in [0.2, 0.25) is 0 Å². The highest BCUT2D eigenvalue weighted by molar-refractivity contribution is 9.09. The zero-order valence-electron chi connectivity index (χ0n) is 10.7. The molecule has 1 rings (SSSR count). The fourth-order valence-corrected chi connectivity index (χ4v) is 3.29. The first-order valence-electron chi connectivity index (χ1n) is 6.21. The Morgan fingerprint density at radius 1 is 1.27 bits per heavy atom. The Morgan fingerprint density at radius 2 is 1.80 bits per heavy atom. The van der Waals surface area contributed by atoms with Crippen molar-refractivity contribution in [1.29, 1.82) is 0 Å². The highest BCUT2D eigenvalue weighted by Crippen LogP contribution is 2.29. The Morgan fingerprint density at radius 3 is 2.20 bits per heavy atom. The first-order chi connectivity index (χ1) is 6.93. The number of halogens is 1. The van der Waals surface area contributed by atoms with E-state index < -0.39 is 0 Å². The van der Waals surface area contributed by atoms with E-state index in [2.05, 4.69) is 48.5 Å². The molecule has 1 aliphatic rings. The van der Waals surface area contributed by atoms with Crippen LogP contribution in [-0.4, -0.2) is 29.9 Å². The lowest BCUT2D eigenvalue weighted by Gasteiger charge is -2.37. The van der Waals surface area contributed by atoms with Gasteiger partial charge in [-0.3, -0.25) is 0 Å². The molecule has 15 heavy (non-hydrogen) atoms. The van der Waals surface area contributed by atoms with Gasteiger partial charge in [-0.1, -0.05) is 43.6 Å². The van der Waals surface area contributed by atoms with Gasteiger partial charge in [-0.2, -0.15) is 0 Å². The quantitative estimate of drug-likeness (QED) is 0.709. The maximum Gasteiger partial charge on any atom is 0.00768 e. The largest absolute Gasteiger partial charge is 0.303 e. The van der Waals surface area contributed by atoms with E-state index in [4.69, 9.17) is 0 Å². The van der Waals surface area contributed by atoms with Gasteiger partial charge in [-0.25, -0.2) is 0 Å². The second-order valence-electron chi connectivity index (χ2n) is 6.20. The Kier molecular flexibility index (Phi) is 5.11. The fourth-order valence-electron chi connectivity index (χ4n) is 2.11. The molecule has 1 atom stereocenters. The molecule has 1 saturated heterocycles. The lowest BCUT2D eigenvalue weighted by Crippen LogP contribution is -2.40. The third-order valence-corrected chi connectivity index (χ3v) is 4.55. The maximum absolute atomic E-state index is 3.66. The van der Waals surface area contributed by atoms with Gasteiger partial charge in [0.05, 0.1) is 0 Å². The van der Waals surface area contributed by atoms with Crippen LogP contribution >= 0.6 is 15.9 Å². The van der Waals surface area contributed by atoms with E-state index >= 15 is 0 Å². The molecule has 0 radical (unpaired) electrons. The Labute approximate surface area is 104 Å². The van der Waals surface area contributed by atoms with Gasteiger partial charge >= 0.3 is 0 Å². The molecule has 1 nitrogen and oxygen atoms in total. The molecule has 1 heterocycles. The predicted molar refractivity (Wildman–Crippen MR) is 71.6 cm³/mol. The normalized spacial score (nSPS) is 23.0. The van der Waals surface area contributed by atoms with E-state index in [1.807, 2.05) is 0 Å². The van der Waals surface area contributed by atoms with Gasteiger partial charge < -0.3 is 4.90 Å². The van der Waals surface area contributed by atoms with Crippen LogP contribution < -0.4 is 0 Å². The predicted octanol–water partition coefficient (Wildman–Crippen LogP) is 3.78. The third kappa shape index (κ3) is 4.44. The van der Waals surface area contributed by atoms with E-state index in [1.165, 1.54) is 32.5 Å². The molecule has 0 aromatic rings. The van der Waals surface area contributed by atoms with Crippen LogP contribution in [0.1, 0.15) is 40.5 Å². The van der Waals surface area contributed by atoms with E-state index in [0.717, 1.165) is 17.2 Å². The van der Waals surface area contributed by atoms with Crippen LogP contribution in [0.3, 0.4) is 0 Å². The smallest absolute Gasteiger partial charge is 0.00768 e. The van der Waals surface area contributed by atoms with Crippen molar-refractivity contribution in [2.45, 2.75) is 40.5 Å². The minimum absolute atomic E-state index is 0.423. The van der Waals surface area contributed by atoms with Gasteiger partial charge in [0.15, 0.2) is 0 Å². The summed E-state index contributed by atoms with van der Waals surface area (Å²) in [5, 5.41) is 1.13. The van der Waals surface area contributed by atoms with E-state index in [-0.39, 0.29) is 0 Å². The average molecular weight is 276 g/mol. The highest BCUT2D eigenvalue weighted by atomic mass is 79.9. The number of hydrogen-bond acceptors (Lipinski definition) is 1. The maximum atomic E-state index is 3.66. The standard InChI is InChI=1S/C13H26BrN/c1-11-5-7-15(8-6-11)10-12(9-14)13(2,3)4/h11-12H,5-10H2,1-4H3. The molecule has 1 unspecified atom stereocenters. The molecule has 2 heteroatoms. The Hall–Kier alpha value is 0.440. The van der Waals surface area contributed by atoms with Crippen molar-refractivity contribution in [2.24, 2.45) is 17.3 Å². The second-order valence-corrected chi connectivity index (χ2v) is 6.85. The van der Waals surface area contributed by atoms with Gasteiger partial charge in [-0.05, 0) is 43.2 Å². The molecule has 0 aromatic heterocycles. The average Bonchev–Trinajstić information content (AvgIpc) is 2.15. The minimum atomic E-state index is 0.423. The van der Waals surface area contributed by atoms with Crippen molar-refractivity contribution in [1.82, 2.24) is 4.90 Å². The van der Waals surface area contributed by atoms with Crippen LogP contribution in [0.4, 0.5) is 0 Å². The summed E-state index contributed by atoms with van der Waals surface area (Å²) in [7, 11) is 0. The summed E-state index contributed by atoms with van der Waals surface area (Å²) in [6.07, 6.45) is 2.78. The number of hydrogen-bond donors (Lipinski definition) is 0. The van der Waals surface area contributed by atoms with Crippen LogP contribution in [0.2, 0.25) is 0 Å². The Balaban J connectivity index is 2.39. The summed E-state index contributed by atoms with van der Waals surface area (Å²) in [4.78, 5) is 2.65. The van der Waals surface area contributed by atoms with Crippen LogP contribution in [-0.2, 0) is 0 Å². The van der Waals surface area contributed by atoms with E-state index in [9.17, 15) is 0 Å². The van der Waals surface area contributed by atoms with Crippen LogP contribution in [0, 0.1) is 17.3 Å². The molecule has 0 bridgehead atoms. The first-order valence-corrected chi connectivity index (χ1v) is 7.34. The molecular formula is C13H26BrN. The molecule has 1 aliphatic heterocycles. The molecule has 0 aromatic carbocycles. The number of alkyl halides is 1. The monoisotopic (exact) mass is 275 g/mol. The molecule has 0 spiro atoms. The molecule has 0 saturated carbocycles. The SMILES string of the molecule is CC1CCN(CC(CBr)C(C)(C)C)CC1. The highest BCUT2D eigenvalue weighted by Gasteiger charge is 2.26. The zero-order chi connectivity index (χ0) is 11.5. The Bertz CT molecular complexity index is 177. The molecule has 1 fully saturated rings. The van der Waals surface area contributed by atoms with Crippen molar-refractivity contribution < 1.29 is 0 Å². The number of nitrogens with zero attached hydrogens (tertiary/aromatic N) is 1. The summed E-state index contributed by atoms with van der Waals surface area (Å²) in [6.45, 7) is 13.3. The molecule has 0 amide bonds. The fraction of sp³-hybridized carbons (Fsp3) is 1.00. The van der Waals surface area contributed by atoms with E-state index in [1.54, 1.807) is 0 Å². The first kappa shape index (κ1) is 13.5. The number of likely N-dealkylation sites (tertiary alicyclic amines) is 1. The van der Waals surface area contributed by atoms with Crippen LogP contribution in [0.15, 0.2) is 0 Å². The molecule has 0 aliphatic carbocycles. The van der Waals surface area contributed by atoms with Crippen molar-refractivity contribution in [2.75, 3.05) is 25.0 Å². The van der Waals surface area contributed by atoms with Gasteiger partial charge in [0.25, 0.3) is 0 Å². The van der Waals surface area contributed by atoms with Gasteiger partial charge in [0.1, 0.15) is 0 Å². The lowest BCUT2D eigenvalue weighted by atomic mass is 9.81. The summed E-state index contributed by atoms with van der Waals surface area (Å²) >= 11 is 3.66. The van der Waals surface area contributed by atoms with Crippen LogP contribution in [0.25, 0.3) is 0 Å². The molecule has 0 N–H and O–H groups in total. The summed E-state index contributed by atoms with van der Waals surface area (Å²) in [6, 6.07) is 0. The zero-order valence-corrected chi connectivity index (χ0v) is 12.3. The molecular weight excluding hydrogens is 250 g/mol. The number of piperidine rings is 1. The van der Waals surface area contributed by atoms with Crippen LogP contribution in [0.5, 0.6) is 0 Å². The van der Waals surface area contributed by atoms with Gasteiger partial charge in [0, 0.05) is 11.9 Å². The topological polar surface area (TPSA) is 3.24 Å². The molecule has 90 valence electrons. The van der Waals surface area contributed by atoms with E-state index in [0.29, 0.717) is 5.41 Å². The summed E-state index contributed by atoms with van der Waals surface area (Å²) < 4.78 is 0. The third-order valence-electron chi connectivity index (χ3n) is 3.77.